The monoisotopic (exact) mass is 358 g/mol. The Labute approximate surface area is 150 Å². The van der Waals surface area contributed by atoms with Crippen molar-refractivity contribution in [2.45, 2.75) is 6.54 Å². The lowest BCUT2D eigenvalue weighted by atomic mass is 10.2. The molecule has 136 valence electrons. The Hall–Kier alpha value is -3.42. The molecule has 0 unspecified atom stereocenters. The molecule has 2 aromatic carbocycles. The highest BCUT2D eigenvalue weighted by atomic mass is 16.6. The van der Waals surface area contributed by atoms with E-state index in [1.54, 1.807) is 7.05 Å². The quantitative estimate of drug-likeness (QED) is 0.428. The minimum atomic E-state index is -0.869. The van der Waals surface area contributed by atoms with Crippen molar-refractivity contribution in [3.8, 4) is 5.75 Å². The van der Waals surface area contributed by atoms with E-state index in [9.17, 15) is 19.7 Å². The minimum absolute atomic E-state index is 0.111. The molecule has 0 atom stereocenters. The summed E-state index contributed by atoms with van der Waals surface area (Å²) in [7, 11) is 2.92. The molecule has 0 aliphatic heterocycles. The maximum absolute atomic E-state index is 12.2. The average Bonchev–Trinajstić information content (AvgIpc) is 2.65. The normalized spacial score (nSPS) is 10.1. The average molecular weight is 358 g/mol. The molecule has 0 saturated heterocycles. The molecule has 0 fully saturated rings. The summed E-state index contributed by atoms with van der Waals surface area (Å²) >= 11 is 0. The summed E-state index contributed by atoms with van der Waals surface area (Å²) in [6.45, 7) is -0.106. The summed E-state index contributed by atoms with van der Waals surface area (Å²) in [5.41, 5.74) is 0.556. The van der Waals surface area contributed by atoms with E-state index in [4.69, 9.17) is 9.47 Å². The molecule has 1 amide bonds. The molecule has 0 spiro atoms. The van der Waals surface area contributed by atoms with Crippen molar-refractivity contribution in [2.24, 2.45) is 0 Å². The smallest absolute Gasteiger partial charge is 0.342 e. The number of nitro groups is 1. The molecule has 2 aromatic rings. The summed E-state index contributed by atoms with van der Waals surface area (Å²) in [6, 6.07) is 12.9. The standard InChI is InChI=1S/C18H18N2O6/c1-19(11-13-6-4-3-5-7-13)17(21)12-26-18(22)15-10-14(20(23)24)8-9-16(15)25-2/h3-10H,11-12H2,1-2H3. The zero-order chi connectivity index (χ0) is 19.1. The van der Waals surface area contributed by atoms with Crippen LogP contribution in [0.15, 0.2) is 48.5 Å². The van der Waals surface area contributed by atoms with Gasteiger partial charge in [0.05, 0.1) is 12.0 Å². The number of carbonyl (C=O) groups is 2. The van der Waals surface area contributed by atoms with Crippen molar-refractivity contribution in [1.29, 1.82) is 0 Å². The fourth-order valence-corrected chi connectivity index (χ4v) is 2.23. The second-order valence-electron chi connectivity index (χ2n) is 5.45. The first-order chi connectivity index (χ1) is 12.4. The highest BCUT2D eigenvalue weighted by molar-refractivity contribution is 5.94. The number of nitro benzene ring substituents is 1. The fourth-order valence-electron chi connectivity index (χ4n) is 2.23. The third-order valence-corrected chi connectivity index (χ3v) is 3.63. The van der Waals surface area contributed by atoms with Gasteiger partial charge in [-0.1, -0.05) is 30.3 Å². The van der Waals surface area contributed by atoms with Crippen LogP contribution in [0, 0.1) is 10.1 Å². The van der Waals surface area contributed by atoms with Crippen LogP contribution < -0.4 is 4.74 Å². The Kier molecular flexibility index (Phi) is 6.26. The van der Waals surface area contributed by atoms with Gasteiger partial charge in [0, 0.05) is 25.7 Å². The van der Waals surface area contributed by atoms with Gasteiger partial charge in [0.1, 0.15) is 11.3 Å². The first kappa shape index (κ1) is 18.9. The number of hydrogen-bond donors (Lipinski definition) is 0. The van der Waals surface area contributed by atoms with E-state index in [0.717, 1.165) is 11.6 Å². The van der Waals surface area contributed by atoms with Crippen molar-refractivity contribution in [1.82, 2.24) is 4.90 Å². The van der Waals surface area contributed by atoms with Gasteiger partial charge in [-0.05, 0) is 11.6 Å². The lowest BCUT2D eigenvalue weighted by Crippen LogP contribution is -2.30. The fraction of sp³-hybridized carbons (Fsp3) is 0.222. The summed E-state index contributed by atoms with van der Waals surface area (Å²) in [5, 5.41) is 10.9. The number of non-ortho nitro benzene ring substituents is 1. The lowest BCUT2D eigenvalue weighted by Gasteiger charge is -2.17. The molecule has 26 heavy (non-hydrogen) atoms. The number of ether oxygens (including phenoxy) is 2. The number of likely N-dealkylation sites (N-methyl/N-ethyl adjacent to an activating group) is 1. The van der Waals surface area contributed by atoms with Crippen molar-refractivity contribution in [3.63, 3.8) is 0 Å². The van der Waals surface area contributed by atoms with Crippen LogP contribution in [-0.4, -0.2) is 42.5 Å². The maximum Gasteiger partial charge on any atom is 0.342 e. The van der Waals surface area contributed by atoms with Crippen LogP contribution in [-0.2, 0) is 16.1 Å². The van der Waals surface area contributed by atoms with Gasteiger partial charge in [-0.3, -0.25) is 14.9 Å². The Balaban J connectivity index is 2.00. The maximum atomic E-state index is 12.2. The van der Waals surface area contributed by atoms with Crippen LogP contribution in [0.25, 0.3) is 0 Å². The number of esters is 1. The topological polar surface area (TPSA) is 99.0 Å². The SMILES string of the molecule is COc1ccc([N+](=O)[O-])cc1C(=O)OCC(=O)N(C)Cc1ccccc1. The number of methoxy groups -OCH3 is 1. The number of nitrogens with zero attached hydrogens (tertiary/aromatic N) is 2. The molecule has 2 rings (SSSR count). The predicted molar refractivity (Wildman–Crippen MR) is 92.8 cm³/mol. The summed E-state index contributed by atoms with van der Waals surface area (Å²) < 4.78 is 10.0. The lowest BCUT2D eigenvalue weighted by molar-refractivity contribution is -0.384. The van der Waals surface area contributed by atoms with E-state index < -0.39 is 23.4 Å². The van der Waals surface area contributed by atoms with Crippen LogP contribution in [0.2, 0.25) is 0 Å². The number of amides is 1. The third-order valence-electron chi connectivity index (χ3n) is 3.63. The van der Waals surface area contributed by atoms with Crippen LogP contribution in [0.3, 0.4) is 0 Å². The Morgan fingerprint density at radius 3 is 2.46 bits per heavy atom. The molecule has 0 N–H and O–H groups in total. The second-order valence-corrected chi connectivity index (χ2v) is 5.45. The molecule has 0 saturated carbocycles. The summed E-state index contributed by atoms with van der Waals surface area (Å²) in [5.74, 6) is -1.13. The van der Waals surface area contributed by atoms with Crippen molar-refractivity contribution < 1.29 is 24.0 Å². The van der Waals surface area contributed by atoms with Crippen molar-refractivity contribution >= 4 is 17.6 Å². The molecule has 0 bridgehead atoms. The molecule has 0 heterocycles. The largest absolute Gasteiger partial charge is 0.496 e. The van der Waals surface area contributed by atoms with Gasteiger partial charge in [0.2, 0.25) is 0 Å². The van der Waals surface area contributed by atoms with Crippen molar-refractivity contribution in [2.75, 3.05) is 20.8 Å². The number of rotatable bonds is 7. The van der Waals surface area contributed by atoms with Gasteiger partial charge >= 0.3 is 5.97 Å². The first-order valence-corrected chi connectivity index (χ1v) is 7.70. The molecular weight excluding hydrogens is 340 g/mol. The molecule has 0 aromatic heterocycles. The first-order valence-electron chi connectivity index (χ1n) is 7.70. The van der Waals surface area contributed by atoms with Crippen LogP contribution >= 0.6 is 0 Å². The number of carbonyl (C=O) groups excluding carboxylic acids is 2. The Bertz CT molecular complexity index is 807. The number of hydrogen-bond acceptors (Lipinski definition) is 6. The van der Waals surface area contributed by atoms with Gasteiger partial charge in [0.15, 0.2) is 6.61 Å². The van der Waals surface area contributed by atoms with Crippen LogP contribution in [0.4, 0.5) is 5.69 Å². The van der Waals surface area contributed by atoms with Crippen LogP contribution in [0.5, 0.6) is 5.75 Å². The molecule has 0 aliphatic rings. The molecular formula is C18H18N2O6. The molecule has 0 radical (unpaired) electrons. The summed E-state index contributed by atoms with van der Waals surface area (Å²) in [4.78, 5) is 36.0. The highest BCUT2D eigenvalue weighted by Gasteiger charge is 2.20. The van der Waals surface area contributed by atoms with Gasteiger partial charge < -0.3 is 14.4 Å². The van der Waals surface area contributed by atoms with E-state index in [1.807, 2.05) is 30.3 Å². The summed E-state index contributed by atoms with van der Waals surface area (Å²) in [6.07, 6.45) is 0. The van der Waals surface area contributed by atoms with Gasteiger partial charge in [-0.15, -0.1) is 0 Å². The Morgan fingerprint density at radius 2 is 1.85 bits per heavy atom. The zero-order valence-corrected chi connectivity index (χ0v) is 14.4. The van der Waals surface area contributed by atoms with Gasteiger partial charge in [-0.2, -0.15) is 0 Å². The second kappa shape index (κ2) is 8.61. The van der Waals surface area contributed by atoms with E-state index in [-0.39, 0.29) is 17.0 Å². The highest BCUT2D eigenvalue weighted by Crippen LogP contribution is 2.24. The van der Waals surface area contributed by atoms with Crippen LogP contribution in [0.1, 0.15) is 15.9 Å². The van der Waals surface area contributed by atoms with Crippen molar-refractivity contribution in [3.05, 3.63) is 69.8 Å². The molecule has 0 aliphatic carbocycles. The van der Waals surface area contributed by atoms with E-state index in [1.165, 1.54) is 24.1 Å². The van der Waals surface area contributed by atoms with Gasteiger partial charge in [-0.25, -0.2) is 4.79 Å². The zero-order valence-electron chi connectivity index (χ0n) is 14.4. The minimum Gasteiger partial charge on any atom is -0.496 e. The van der Waals surface area contributed by atoms with E-state index in [0.29, 0.717) is 6.54 Å². The third kappa shape index (κ3) is 4.79. The molecule has 8 nitrogen and oxygen atoms in total. The Morgan fingerprint density at radius 1 is 1.15 bits per heavy atom. The van der Waals surface area contributed by atoms with Gasteiger partial charge in [0.25, 0.3) is 11.6 Å². The van der Waals surface area contributed by atoms with E-state index in [2.05, 4.69) is 0 Å². The predicted octanol–water partition coefficient (Wildman–Crippen LogP) is 2.42. The van der Waals surface area contributed by atoms with E-state index >= 15 is 0 Å². The number of benzene rings is 2. The molecule has 8 heteroatoms.